The van der Waals surface area contributed by atoms with E-state index in [1.165, 1.54) is 127 Å². The highest BCUT2D eigenvalue weighted by molar-refractivity contribution is 5.49. The molecule has 0 amide bonds. The van der Waals surface area contributed by atoms with Crippen molar-refractivity contribution in [2.75, 3.05) is 0 Å². The molecule has 0 aliphatic rings. The second-order valence-corrected chi connectivity index (χ2v) is 12.3. The Labute approximate surface area is 248 Å². The highest BCUT2D eigenvalue weighted by Gasteiger charge is 2.19. The zero-order valence-corrected chi connectivity index (χ0v) is 26.5. The van der Waals surface area contributed by atoms with Crippen molar-refractivity contribution in [3.8, 4) is 11.5 Å². The van der Waals surface area contributed by atoms with Crippen LogP contribution in [0, 0.1) is 0 Å². The van der Waals surface area contributed by atoms with Gasteiger partial charge in [-0.3, -0.25) is 0 Å². The number of phenols is 2. The fraction of sp³-hybridized carbons (Fsp3) is 0.684. The van der Waals surface area contributed by atoms with E-state index in [4.69, 9.17) is 0 Å². The summed E-state index contributed by atoms with van der Waals surface area (Å²) in [7, 11) is 0. The van der Waals surface area contributed by atoms with Gasteiger partial charge in [-0.15, -0.1) is 0 Å². The molecule has 0 spiro atoms. The Morgan fingerprint density at radius 3 is 1.07 bits per heavy atom. The van der Waals surface area contributed by atoms with Crippen LogP contribution in [-0.2, 0) is 12.8 Å². The maximum Gasteiger partial charge on any atom is 0.119 e. The summed E-state index contributed by atoms with van der Waals surface area (Å²) < 4.78 is 0. The summed E-state index contributed by atoms with van der Waals surface area (Å²) in [4.78, 5) is 0. The van der Waals surface area contributed by atoms with Crippen LogP contribution in [-0.4, -0.2) is 10.2 Å². The summed E-state index contributed by atoms with van der Waals surface area (Å²) >= 11 is 0. The molecule has 0 fully saturated rings. The number of phenolic OH excluding ortho intramolecular Hbond substituents is 2. The molecular formula is C38H62O2. The first kappa shape index (κ1) is 34.2. The minimum atomic E-state index is 0.149. The molecule has 2 aromatic carbocycles. The molecule has 2 rings (SSSR count). The van der Waals surface area contributed by atoms with Crippen LogP contribution in [0.15, 0.2) is 36.4 Å². The third-order valence-corrected chi connectivity index (χ3v) is 8.87. The van der Waals surface area contributed by atoms with Gasteiger partial charge in [-0.2, -0.15) is 0 Å². The summed E-state index contributed by atoms with van der Waals surface area (Å²) in [5.74, 6) is 1.00. The van der Waals surface area contributed by atoms with Gasteiger partial charge in [-0.25, -0.2) is 0 Å². The van der Waals surface area contributed by atoms with E-state index in [2.05, 4.69) is 32.9 Å². The Bertz CT molecular complexity index is 829. The van der Waals surface area contributed by atoms with Crippen LogP contribution in [0.4, 0.5) is 0 Å². The fourth-order valence-corrected chi connectivity index (χ4v) is 6.29. The first-order valence-corrected chi connectivity index (χ1v) is 17.2. The van der Waals surface area contributed by atoms with Gasteiger partial charge in [0.05, 0.1) is 0 Å². The molecule has 2 aromatic rings. The molecule has 0 saturated carbocycles. The van der Waals surface area contributed by atoms with Crippen molar-refractivity contribution in [1.29, 1.82) is 0 Å². The van der Waals surface area contributed by atoms with E-state index < -0.39 is 0 Å². The molecule has 0 aliphatic carbocycles. The predicted octanol–water partition coefficient (Wildman–Crippen LogP) is 12.2. The normalized spacial score (nSPS) is 11.5. The van der Waals surface area contributed by atoms with Gasteiger partial charge >= 0.3 is 0 Å². The van der Waals surface area contributed by atoms with Crippen LogP contribution < -0.4 is 0 Å². The molecular weight excluding hydrogens is 488 g/mol. The van der Waals surface area contributed by atoms with E-state index in [9.17, 15) is 10.2 Å². The van der Waals surface area contributed by atoms with E-state index in [0.29, 0.717) is 11.5 Å². The van der Waals surface area contributed by atoms with Gasteiger partial charge in [0.1, 0.15) is 11.5 Å². The Morgan fingerprint density at radius 1 is 0.450 bits per heavy atom. The Kier molecular flexibility index (Phi) is 18.6. The molecule has 0 heterocycles. The zero-order valence-electron chi connectivity index (χ0n) is 26.5. The van der Waals surface area contributed by atoms with Crippen LogP contribution in [0.5, 0.6) is 11.5 Å². The van der Waals surface area contributed by atoms with Crippen LogP contribution >= 0.6 is 0 Å². The summed E-state index contributed by atoms with van der Waals surface area (Å²) in [6.45, 7) is 6.80. The standard InChI is InChI=1S/C38H62O2/c1-4-6-8-10-12-14-16-18-20-22-26-35-33(28-24-30-37(35)39)32(3)34-29-25-31-38(40)36(34)27-23-21-19-17-15-13-11-9-7-5-2/h24-25,28-32,39-40H,4-23,26-27H2,1-3H3. The Balaban J connectivity index is 1.86. The van der Waals surface area contributed by atoms with Gasteiger partial charge in [0.25, 0.3) is 0 Å². The number of hydrogen-bond donors (Lipinski definition) is 2. The summed E-state index contributed by atoms with van der Waals surface area (Å²) in [6, 6.07) is 12.0. The topological polar surface area (TPSA) is 40.5 Å². The second kappa shape index (κ2) is 21.7. The molecule has 0 aromatic heterocycles. The first-order valence-electron chi connectivity index (χ1n) is 17.2. The van der Waals surface area contributed by atoms with Crippen molar-refractivity contribution in [2.45, 2.75) is 168 Å². The molecule has 0 aliphatic heterocycles. The largest absolute Gasteiger partial charge is 0.508 e. The SMILES string of the molecule is CCCCCCCCCCCCc1c(O)cccc1C(C)c1cccc(O)c1CCCCCCCCCCCC. The van der Waals surface area contributed by atoms with Crippen LogP contribution in [0.2, 0.25) is 0 Å². The van der Waals surface area contributed by atoms with Crippen LogP contribution in [0.1, 0.15) is 177 Å². The van der Waals surface area contributed by atoms with Crippen molar-refractivity contribution in [3.63, 3.8) is 0 Å². The highest BCUT2D eigenvalue weighted by atomic mass is 16.3. The monoisotopic (exact) mass is 550 g/mol. The van der Waals surface area contributed by atoms with E-state index >= 15 is 0 Å². The Morgan fingerprint density at radius 2 is 0.750 bits per heavy atom. The number of hydrogen-bond acceptors (Lipinski definition) is 2. The van der Waals surface area contributed by atoms with Gasteiger partial charge < -0.3 is 10.2 Å². The van der Waals surface area contributed by atoms with E-state index in [1.807, 2.05) is 24.3 Å². The maximum atomic E-state index is 10.8. The minimum Gasteiger partial charge on any atom is -0.508 e. The van der Waals surface area contributed by atoms with Gasteiger partial charge in [-0.1, -0.05) is 161 Å². The Hall–Kier alpha value is -1.96. The van der Waals surface area contributed by atoms with E-state index in [-0.39, 0.29) is 5.92 Å². The number of unbranched alkanes of at least 4 members (excludes halogenated alkanes) is 18. The van der Waals surface area contributed by atoms with Gasteiger partial charge in [0.2, 0.25) is 0 Å². The molecule has 2 N–H and O–H groups in total. The molecule has 226 valence electrons. The zero-order chi connectivity index (χ0) is 28.8. The molecule has 0 radical (unpaired) electrons. The lowest BCUT2D eigenvalue weighted by molar-refractivity contribution is 0.462. The maximum absolute atomic E-state index is 10.8. The van der Waals surface area contributed by atoms with Gasteiger partial charge in [0, 0.05) is 5.92 Å². The lowest BCUT2D eigenvalue weighted by Gasteiger charge is -2.22. The van der Waals surface area contributed by atoms with Crippen molar-refractivity contribution in [1.82, 2.24) is 0 Å². The lowest BCUT2D eigenvalue weighted by atomic mass is 9.84. The predicted molar refractivity (Wildman–Crippen MR) is 175 cm³/mol. The number of aromatic hydroxyl groups is 2. The third-order valence-electron chi connectivity index (χ3n) is 8.87. The van der Waals surface area contributed by atoms with Crippen molar-refractivity contribution >= 4 is 0 Å². The van der Waals surface area contributed by atoms with Crippen molar-refractivity contribution < 1.29 is 10.2 Å². The molecule has 0 saturated heterocycles. The molecule has 0 atom stereocenters. The first-order chi connectivity index (χ1) is 19.6. The van der Waals surface area contributed by atoms with Gasteiger partial charge in [-0.05, 0) is 60.1 Å². The average Bonchev–Trinajstić information content (AvgIpc) is 2.96. The summed E-state index contributed by atoms with van der Waals surface area (Å²) in [6.07, 6.45) is 28.3. The lowest BCUT2D eigenvalue weighted by Crippen LogP contribution is -2.05. The minimum absolute atomic E-state index is 0.149. The van der Waals surface area contributed by atoms with Crippen LogP contribution in [0.25, 0.3) is 0 Å². The quantitative estimate of drug-likeness (QED) is 0.128. The van der Waals surface area contributed by atoms with E-state index in [0.717, 1.165) is 36.8 Å². The highest BCUT2D eigenvalue weighted by Crippen LogP contribution is 2.37. The van der Waals surface area contributed by atoms with Crippen molar-refractivity contribution in [3.05, 3.63) is 58.7 Å². The third kappa shape index (κ3) is 13.1. The number of benzene rings is 2. The summed E-state index contributed by atoms with van der Waals surface area (Å²) in [5, 5.41) is 21.6. The fourth-order valence-electron chi connectivity index (χ4n) is 6.29. The van der Waals surface area contributed by atoms with Gasteiger partial charge in [0.15, 0.2) is 0 Å². The summed E-state index contributed by atoms with van der Waals surface area (Å²) in [5.41, 5.74) is 4.63. The number of rotatable bonds is 24. The van der Waals surface area contributed by atoms with E-state index in [1.54, 1.807) is 0 Å². The average molecular weight is 551 g/mol. The molecule has 0 bridgehead atoms. The smallest absolute Gasteiger partial charge is 0.119 e. The van der Waals surface area contributed by atoms with Crippen LogP contribution in [0.3, 0.4) is 0 Å². The van der Waals surface area contributed by atoms with Crippen molar-refractivity contribution in [2.24, 2.45) is 0 Å². The molecule has 40 heavy (non-hydrogen) atoms. The molecule has 2 nitrogen and oxygen atoms in total. The molecule has 0 unspecified atom stereocenters. The second-order valence-electron chi connectivity index (χ2n) is 12.3. The molecule has 2 heteroatoms.